The Hall–Kier alpha value is -2.21. The third-order valence-corrected chi connectivity index (χ3v) is 3.84. The number of anilines is 1. The molecule has 0 bridgehead atoms. The minimum Gasteiger partial charge on any atom is -0.505 e. The van der Waals surface area contributed by atoms with Crippen LogP contribution in [0, 0.1) is 0 Å². The number of aromatic hydroxyl groups is 2. The number of carbonyl (C=O) groups is 1. The summed E-state index contributed by atoms with van der Waals surface area (Å²) in [5.41, 5.74) is 0.696. The molecule has 1 heterocycles. The highest BCUT2D eigenvalue weighted by Crippen LogP contribution is 2.35. The van der Waals surface area contributed by atoms with E-state index in [0.29, 0.717) is 11.2 Å². The molecule has 1 amide bonds. The Kier molecular flexibility index (Phi) is 5.39. The number of nitrogens with zero attached hydrogens (tertiary/aromatic N) is 1. The van der Waals surface area contributed by atoms with Crippen molar-refractivity contribution in [3.8, 4) is 11.5 Å². The van der Waals surface area contributed by atoms with Crippen LogP contribution in [-0.4, -0.2) is 21.1 Å². The second kappa shape index (κ2) is 7.13. The van der Waals surface area contributed by atoms with Gasteiger partial charge in [-0.15, -0.1) is 12.4 Å². The maximum absolute atomic E-state index is 12.3. The summed E-state index contributed by atoms with van der Waals surface area (Å²) in [4.78, 5) is 16.4. The highest BCUT2D eigenvalue weighted by Gasteiger charge is 2.16. The van der Waals surface area contributed by atoms with Crippen molar-refractivity contribution in [3.63, 3.8) is 0 Å². The first kappa shape index (κ1) is 18.1. The predicted octanol–water partition coefficient (Wildman–Crippen LogP) is 4.63. The van der Waals surface area contributed by atoms with Crippen LogP contribution in [0.15, 0.2) is 42.6 Å². The van der Waals surface area contributed by atoms with Crippen LogP contribution in [0.1, 0.15) is 10.4 Å². The van der Waals surface area contributed by atoms with Gasteiger partial charge >= 0.3 is 0 Å². The maximum Gasteiger partial charge on any atom is 0.259 e. The molecular formula is C16H11Cl3N2O3. The molecule has 0 saturated heterocycles. The Morgan fingerprint density at radius 2 is 1.71 bits per heavy atom. The summed E-state index contributed by atoms with van der Waals surface area (Å²) in [6.45, 7) is 0. The Morgan fingerprint density at radius 1 is 1.04 bits per heavy atom. The van der Waals surface area contributed by atoms with Crippen LogP contribution in [0.5, 0.6) is 11.5 Å². The van der Waals surface area contributed by atoms with E-state index >= 15 is 0 Å². The number of carbonyl (C=O) groups excluding carboxylic acids is 1. The van der Waals surface area contributed by atoms with Crippen LogP contribution in [0.4, 0.5) is 5.69 Å². The Bertz CT molecular complexity index is 909. The summed E-state index contributed by atoms with van der Waals surface area (Å²) in [5.74, 6) is -1.02. The van der Waals surface area contributed by atoms with E-state index in [1.165, 1.54) is 24.4 Å². The van der Waals surface area contributed by atoms with Crippen molar-refractivity contribution in [2.75, 3.05) is 5.32 Å². The average Bonchev–Trinajstić information content (AvgIpc) is 2.53. The third-order valence-electron chi connectivity index (χ3n) is 3.27. The van der Waals surface area contributed by atoms with Gasteiger partial charge in [0.1, 0.15) is 5.52 Å². The molecule has 0 saturated carbocycles. The zero-order valence-electron chi connectivity index (χ0n) is 12.0. The zero-order chi connectivity index (χ0) is 16.6. The molecule has 8 heteroatoms. The number of hydrogen-bond donors (Lipinski definition) is 3. The van der Waals surface area contributed by atoms with Gasteiger partial charge in [0, 0.05) is 17.3 Å². The summed E-state index contributed by atoms with van der Waals surface area (Å²) < 4.78 is 0. The molecule has 1 aromatic heterocycles. The molecule has 0 aliphatic heterocycles. The summed E-state index contributed by atoms with van der Waals surface area (Å²) in [6, 6.07) is 9.42. The lowest BCUT2D eigenvalue weighted by atomic mass is 10.1. The first-order valence-corrected chi connectivity index (χ1v) is 7.29. The lowest BCUT2D eigenvalue weighted by Crippen LogP contribution is -2.12. The average molecular weight is 386 g/mol. The number of rotatable bonds is 2. The van der Waals surface area contributed by atoms with Crippen LogP contribution < -0.4 is 5.32 Å². The number of nitrogens with one attached hydrogen (secondary N) is 1. The molecule has 3 aromatic rings. The molecule has 2 aromatic carbocycles. The first-order chi connectivity index (χ1) is 11.0. The summed E-state index contributed by atoms with van der Waals surface area (Å²) in [5, 5.41) is 23.1. The molecule has 0 aliphatic carbocycles. The van der Waals surface area contributed by atoms with Crippen molar-refractivity contribution in [2.45, 2.75) is 0 Å². The van der Waals surface area contributed by atoms with E-state index < -0.39 is 5.91 Å². The largest absolute Gasteiger partial charge is 0.505 e. The molecule has 0 atom stereocenters. The van der Waals surface area contributed by atoms with Crippen LogP contribution >= 0.6 is 35.6 Å². The third kappa shape index (κ3) is 3.33. The molecule has 0 radical (unpaired) electrons. The van der Waals surface area contributed by atoms with E-state index in [0.717, 1.165) is 5.39 Å². The number of pyridine rings is 1. The van der Waals surface area contributed by atoms with Gasteiger partial charge in [-0.2, -0.15) is 0 Å². The fourth-order valence-corrected chi connectivity index (χ4v) is 2.64. The smallest absolute Gasteiger partial charge is 0.259 e. The number of aromatic nitrogens is 1. The van der Waals surface area contributed by atoms with Crippen LogP contribution in [-0.2, 0) is 0 Å². The van der Waals surface area contributed by atoms with Gasteiger partial charge in [0.05, 0.1) is 15.6 Å². The maximum atomic E-state index is 12.3. The normalized spacial score (nSPS) is 10.2. The number of halogens is 3. The van der Waals surface area contributed by atoms with Gasteiger partial charge in [-0.25, -0.2) is 0 Å². The van der Waals surface area contributed by atoms with Crippen molar-refractivity contribution in [1.29, 1.82) is 0 Å². The Balaban J connectivity index is 0.00000208. The number of amides is 1. The van der Waals surface area contributed by atoms with Crippen molar-refractivity contribution in [2.24, 2.45) is 0 Å². The first-order valence-electron chi connectivity index (χ1n) is 6.53. The Labute approximate surface area is 153 Å². The van der Waals surface area contributed by atoms with Gasteiger partial charge in [0.15, 0.2) is 11.5 Å². The molecule has 5 nitrogen and oxygen atoms in total. The fourth-order valence-electron chi connectivity index (χ4n) is 2.15. The molecular weight excluding hydrogens is 375 g/mol. The monoisotopic (exact) mass is 384 g/mol. The number of benzene rings is 2. The number of fused-ring (bicyclic) bond motifs is 1. The molecule has 0 unspecified atom stereocenters. The highest BCUT2D eigenvalue weighted by atomic mass is 35.5. The SMILES string of the molecule is Cl.O=C(Nc1cc(Cl)c(O)c(Cl)c1)c1ccc2cccnc2c1O. The van der Waals surface area contributed by atoms with E-state index in [9.17, 15) is 15.0 Å². The molecule has 0 spiro atoms. The molecule has 24 heavy (non-hydrogen) atoms. The second-order valence-corrected chi connectivity index (χ2v) is 5.59. The van der Waals surface area contributed by atoms with Gasteiger partial charge in [0.2, 0.25) is 0 Å². The molecule has 0 fully saturated rings. The summed E-state index contributed by atoms with van der Waals surface area (Å²) in [7, 11) is 0. The minimum atomic E-state index is -0.548. The van der Waals surface area contributed by atoms with E-state index in [1.54, 1.807) is 18.2 Å². The summed E-state index contributed by atoms with van der Waals surface area (Å²) in [6.07, 6.45) is 1.53. The Morgan fingerprint density at radius 3 is 2.38 bits per heavy atom. The lowest BCUT2D eigenvalue weighted by molar-refractivity contribution is 0.102. The number of hydrogen-bond acceptors (Lipinski definition) is 4. The molecule has 3 rings (SSSR count). The van der Waals surface area contributed by atoms with Crippen LogP contribution in [0.25, 0.3) is 10.9 Å². The van der Waals surface area contributed by atoms with E-state index in [4.69, 9.17) is 23.2 Å². The van der Waals surface area contributed by atoms with Crippen molar-refractivity contribution in [1.82, 2.24) is 4.98 Å². The van der Waals surface area contributed by atoms with Crippen molar-refractivity contribution in [3.05, 3.63) is 58.2 Å². The van der Waals surface area contributed by atoms with E-state index in [-0.39, 0.29) is 39.5 Å². The van der Waals surface area contributed by atoms with Gasteiger partial charge < -0.3 is 15.5 Å². The molecule has 0 aliphatic rings. The minimum absolute atomic E-state index is 0. The van der Waals surface area contributed by atoms with Crippen LogP contribution in [0.3, 0.4) is 0 Å². The van der Waals surface area contributed by atoms with Gasteiger partial charge in [-0.3, -0.25) is 9.78 Å². The topological polar surface area (TPSA) is 82.5 Å². The molecule has 3 N–H and O–H groups in total. The van der Waals surface area contributed by atoms with Crippen LogP contribution in [0.2, 0.25) is 10.0 Å². The van der Waals surface area contributed by atoms with Gasteiger partial charge in [0.25, 0.3) is 5.91 Å². The van der Waals surface area contributed by atoms with Gasteiger partial charge in [-0.05, 0) is 24.3 Å². The standard InChI is InChI=1S/C16H10Cl2N2O3.ClH/c17-11-6-9(7-12(18)15(11)22)20-16(23)10-4-3-8-2-1-5-19-13(8)14(10)21;/h1-7,21-22H,(H,20,23);1H. The van der Waals surface area contributed by atoms with E-state index in [2.05, 4.69) is 10.3 Å². The predicted molar refractivity (Wildman–Crippen MR) is 96.7 cm³/mol. The van der Waals surface area contributed by atoms with E-state index in [1.807, 2.05) is 0 Å². The van der Waals surface area contributed by atoms with Gasteiger partial charge in [-0.1, -0.05) is 35.3 Å². The molecule has 124 valence electrons. The highest BCUT2D eigenvalue weighted by molar-refractivity contribution is 6.37. The van der Waals surface area contributed by atoms with Crippen molar-refractivity contribution < 1.29 is 15.0 Å². The lowest BCUT2D eigenvalue weighted by Gasteiger charge is -2.10. The summed E-state index contributed by atoms with van der Waals surface area (Å²) >= 11 is 11.6. The second-order valence-electron chi connectivity index (χ2n) is 4.78. The zero-order valence-corrected chi connectivity index (χ0v) is 14.3. The number of phenolic OH excluding ortho intramolecular Hbond substituents is 2. The van der Waals surface area contributed by atoms with Crippen molar-refractivity contribution >= 4 is 58.1 Å². The fraction of sp³-hybridized carbons (Fsp3) is 0. The quantitative estimate of drug-likeness (QED) is 0.562. The number of phenols is 2.